The van der Waals surface area contributed by atoms with E-state index in [-0.39, 0.29) is 18.7 Å². The third-order valence-corrected chi connectivity index (χ3v) is 3.39. The predicted molar refractivity (Wildman–Crippen MR) is 64.3 cm³/mol. The number of hydrogen-bond acceptors (Lipinski definition) is 4. The minimum Gasteiger partial charge on any atom is -0.481 e. The van der Waals surface area contributed by atoms with Crippen molar-refractivity contribution in [2.75, 3.05) is 13.1 Å². The molecule has 6 nitrogen and oxygen atoms in total. The molecule has 1 atom stereocenters. The van der Waals surface area contributed by atoms with Crippen molar-refractivity contribution in [3.8, 4) is 0 Å². The van der Waals surface area contributed by atoms with Crippen molar-refractivity contribution in [1.29, 1.82) is 0 Å². The Morgan fingerprint density at radius 3 is 2.79 bits per heavy atom. The van der Waals surface area contributed by atoms with E-state index in [9.17, 15) is 24.4 Å². The number of benzene rings is 1. The van der Waals surface area contributed by atoms with E-state index >= 15 is 0 Å². The molecular weight excluding hydrogens is 255 g/mol. The van der Waals surface area contributed by atoms with Gasteiger partial charge in [-0.2, -0.15) is 0 Å². The van der Waals surface area contributed by atoms with Gasteiger partial charge in [0.15, 0.2) is 0 Å². The number of aliphatic carboxylic acids is 1. The van der Waals surface area contributed by atoms with Gasteiger partial charge in [-0.25, -0.2) is 4.39 Å². The zero-order chi connectivity index (χ0) is 14.0. The van der Waals surface area contributed by atoms with Gasteiger partial charge in [0, 0.05) is 12.6 Å². The van der Waals surface area contributed by atoms with Crippen LogP contribution < -0.4 is 5.32 Å². The SMILES string of the molecule is O=C(O)C1(Cc2cc(F)cc([N+](=O)[O-])c2)CCNC1. The predicted octanol–water partition coefficient (Wildman–Crippen LogP) is 1.34. The van der Waals surface area contributed by atoms with E-state index < -0.39 is 22.1 Å². The first-order valence-corrected chi connectivity index (χ1v) is 5.81. The number of nitro groups is 1. The average molecular weight is 268 g/mol. The lowest BCUT2D eigenvalue weighted by Gasteiger charge is -2.22. The van der Waals surface area contributed by atoms with Gasteiger partial charge in [0.25, 0.3) is 5.69 Å². The monoisotopic (exact) mass is 268 g/mol. The van der Waals surface area contributed by atoms with Crippen LogP contribution >= 0.6 is 0 Å². The molecule has 1 aromatic rings. The largest absolute Gasteiger partial charge is 0.481 e. The fraction of sp³-hybridized carbons (Fsp3) is 0.417. The molecule has 0 saturated carbocycles. The van der Waals surface area contributed by atoms with Crippen molar-refractivity contribution in [2.45, 2.75) is 12.8 Å². The molecule has 0 aromatic heterocycles. The lowest BCUT2D eigenvalue weighted by molar-refractivity contribution is -0.385. The summed E-state index contributed by atoms with van der Waals surface area (Å²) in [5, 5.41) is 22.9. The Kier molecular flexibility index (Phi) is 3.48. The Labute approximate surface area is 108 Å². The smallest absolute Gasteiger partial charge is 0.311 e. The molecule has 0 radical (unpaired) electrons. The molecule has 0 amide bonds. The summed E-state index contributed by atoms with van der Waals surface area (Å²) in [7, 11) is 0. The molecule has 0 spiro atoms. The lowest BCUT2D eigenvalue weighted by atomic mass is 9.81. The fourth-order valence-electron chi connectivity index (χ4n) is 2.38. The Morgan fingerprint density at radius 2 is 2.26 bits per heavy atom. The highest BCUT2D eigenvalue weighted by Gasteiger charge is 2.41. The summed E-state index contributed by atoms with van der Waals surface area (Å²) in [6.45, 7) is 0.857. The van der Waals surface area contributed by atoms with Crippen LogP contribution in [-0.4, -0.2) is 29.1 Å². The number of carbonyl (C=O) groups is 1. The first-order valence-electron chi connectivity index (χ1n) is 5.81. The number of carboxylic acid groups (broad SMARTS) is 1. The summed E-state index contributed by atoms with van der Waals surface area (Å²) in [5.41, 5.74) is -1.04. The molecule has 1 heterocycles. The van der Waals surface area contributed by atoms with Crippen molar-refractivity contribution < 1.29 is 19.2 Å². The molecule has 0 bridgehead atoms. The maximum absolute atomic E-state index is 13.3. The molecule has 19 heavy (non-hydrogen) atoms. The van der Waals surface area contributed by atoms with E-state index in [2.05, 4.69) is 5.32 Å². The highest BCUT2D eigenvalue weighted by Crippen LogP contribution is 2.31. The zero-order valence-corrected chi connectivity index (χ0v) is 10.1. The lowest BCUT2D eigenvalue weighted by Crippen LogP contribution is -2.35. The van der Waals surface area contributed by atoms with Crippen molar-refractivity contribution in [3.63, 3.8) is 0 Å². The van der Waals surface area contributed by atoms with Crippen LogP contribution in [0.4, 0.5) is 10.1 Å². The highest BCUT2D eigenvalue weighted by molar-refractivity contribution is 5.76. The van der Waals surface area contributed by atoms with Crippen LogP contribution in [0.25, 0.3) is 0 Å². The van der Waals surface area contributed by atoms with Crippen LogP contribution in [0.1, 0.15) is 12.0 Å². The molecular formula is C12H13FN2O4. The molecule has 2 N–H and O–H groups in total. The van der Waals surface area contributed by atoms with Crippen LogP contribution in [-0.2, 0) is 11.2 Å². The molecule has 1 saturated heterocycles. The quantitative estimate of drug-likeness (QED) is 0.635. The van der Waals surface area contributed by atoms with Crippen LogP contribution in [0.15, 0.2) is 18.2 Å². The van der Waals surface area contributed by atoms with Crippen molar-refractivity contribution in [2.24, 2.45) is 5.41 Å². The van der Waals surface area contributed by atoms with Crippen LogP contribution in [0.5, 0.6) is 0 Å². The van der Waals surface area contributed by atoms with Gasteiger partial charge < -0.3 is 10.4 Å². The number of nitrogens with zero attached hydrogens (tertiary/aromatic N) is 1. The second kappa shape index (κ2) is 4.93. The standard InChI is InChI=1S/C12H13FN2O4/c13-9-3-8(4-10(5-9)15(18)19)6-12(11(16)17)1-2-14-7-12/h3-5,14H,1-2,6-7H2,(H,16,17). The van der Waals surface area contributed by atoms with Crippen LogP contribution in [0.2, 0.25) is 0 Å². The second-order valence-electron chi connectivity index (χ2n) is 4.76. The van der Waals surface area contributed by atoms with E-state index in [0.717, 1.165) is 12.1 Å². The molecule has 1 aliphatic heterocycles. The van der Waals surface area contributed by atoms with Gasteiger partial charge in [0.05, 0.1) is 16.4 Å². The van der Waals surface area contributed by atoms with Gasteiger partial charge in [-0.1, -0.05) is 0 Å². The number of nitrogens with one attached hydrogen (secondary N) is 1. The first kappa shape index (κ1) is 13.4. The van der Waals surface area contributed by atoms with Gasteiger partial charge >= 0.3 is 5.97 Å². The zero-order valence-electron chi connectivity index (χ0n) is 10.1. The second-order valence-corrected chi connectivity index (χ2v) is 4.76. The van der Waals surface area contributed by atoms with Gasteiger partial charge in [-0.05, 0) is 31.0 Å². The topological polar surface area (TPSA) is 92.5 Å². The summed E-state index contributed by atoms with van der Waals surface area (Å²) in [4.78, 5) is 21.3. The third-order valence-electron chi connectivity index (χ3n) is 3.39. The van der Waals surface area contributed by atoms with E-state index in [4.69, 9.17) is 0 Å². The summed E-state index contributed by atoms with van der Waals surface area (Å²) in [5.74, 6) is -1.69. The van der Waals surface area contributed by atoms with Crippen molar-refractivity contribution in [1.82, 2.24) is 5.32 Å². The van der Waals surface area contributed by atoms with Crippen molar-refractivity contribution in [3.05, 3.63) is 39.7 Å². The highest BCUT2D eigenvalue weighted by atomic mass is 19.1. The molecule has 1 fully saturated rings. The summed E-state index contributed by atoms with van der Waals surface area (Å²) in [6.07, 6.45) is 0.501. The number of halogens is 1. The van der Waals surface area contributed by atoms with Crippen molar-refractivity contribution >= 4 is 11.7 Å². The summed E-state index contributed by atoms with van der Waals surface area (Å²) < 4.78 is 13.3. The minimum absolute atomic E-state index is 0.0773. The van der Waals surface area contributed by atoms with Crippen LogP contribution in [0.3, 0.4) is 0 Å². The Hall–Kier alpha value is -2.02. The maximum atomic E-state index is 13.3. The molecule has 7 heteroatoms. The number of rotatable bonds is 4. The van der Waals surface area contributed by atoms with Gasteiger partial charge in [-0.3, -0.25) is 14.9 Å². The van der Waals surface area contributed by atoms with Crippen LogP contribution in [0, 0.1) is 21.3 Å². The van der Waals surface area contributed by atoms with E-state index in [0.29, 0.717) is 18.5 Å². The Morgan fingerprint density at radius 1 is 1.53 bits per heavy atom. The third kappa shape index (κ3) is 2.70. The normalized spacial score (nSPS) is 22.4. The molecule has 102 valence electrons. The number of carboxylic acids is 1. The first-order chi connectivity index (χ1) is 8.93. The fourth-order valence-corrected chi connectivity index (χ4v) is 2.38. The molecule has 0 aliphatic carbocycles. The number of nitro benzene ring substituents is 1. The summed E-state index contributed by atoms with van der Waals surface area (Å²) >= 11 is 0. The minimum atomic E-state index is -1.01. The summed E-state index contributed by atoms with van der Waals surface area (Å²) in [6, 6.07) is 3.20. The molecule has 1 aromatic carbocycles. The number of hydrogen-bond donors (Lipinski definition) is 2. The van der Waals surface area contributed by atoms with E-state index in [1.165, 1.54) is 6.07 Å². The molecule has 1 unspecified atom stereocenters. The van der Waals surface area contributed by atoms with E-state index in [1.807, 2.05) is 0 Å². The molecule has 1 aliphatic rings. The van der Waals surface area contributed by atoms with Gasteiger partial charge in [0.2, 0.25) is 0 Å². The van der Waals surface area contributed by atoms with Gasteiger partial charge in [0.1, 0.15) is 5.82 Å². The van der Waals surface area contributed by atoms with Gasteiger partial charge in [-0.15, -0.1) is 0 Å². The van der Waals surface area contributed by atoms with E-state index in [1.54, 1.807) is 0 Å². The molecule has 2 rings (SSSR count). The number of non-ortho nitro benzene ring substituents is 1. The Bertz CT molecular complexity index is 526. The maximum Gasteiger partial charge on any atom is 0.311 e. The average Bonchev–Trinajstić information content (AvgIpc) is 2.78. The Balaban J connectivity index is 2.32.